The maximum absolute atomic E-state index is 12.4. The molecule has 0 unspecified atom stereocenters. The van der Waals surface area contributed by atoms with Crippen LogP contribution in [0, 0.1) is 0 Å². The van der Waals surface area contributed by atoms with Crippen molar-refractivity contribution < 1.29 is 14.3 Å². The van der Waals surface area contributed by atoms with Crippen molar-refractivity contribution in [3.8, 4) is 22.8 Å². The second-order valence-corrected chi connectivity index (χ2v) is 6.89. The van der Waals surface area contributed by atoms with E-state index in [1.165, 1.54) is 11.3 Å². The van der Waals surface area contributed by atoms with Crippen molar-refractivity contribution in [1.82, 2.24) is 9.97 Å². The van der Waals surface area contributed by atoms with Crippen LogP contribution in [0.15, 0.2) is 42.6 Å². The number of amides is 1. The van der Waals surface area contributed by atoms with Gasteiger partial charge in [0.15, 0.2) is 5.13 Å². The van der Waals surface area contributed by atoms with E-state index in [1.54, 1.807) is 38.6 Å². The molecule has 0 spiro atoms. The molecule has 2 heterocycles. The smallest absolute Gasteiger partial charge is 0.276 e. The largest absolute Gasteiger partial charge is 0.497 e. The average Bonchev–Trinajstić information content (AvgIpc) is 3.10. The number of carbonyl (C=O) groups is 1. The van der Waals surface area contributed by atoms with Crippen molar-refractivity contribution in [2.75, 3.05) is 19.5 Å². The number of carbonyl (C=O) groups excluding carboxylic acids is 1. The summed E-state index contributed by atoms with van der Waals surface area (Å²) in [6.07, 6.45) is 3.43. The fourth-order valence-electron chi connectivity index (χ4n) is 2.63. The van der Waals surface area contributed by atoms with E-state index in [1.807, 2.05) is 18.2 Å². The zero-order valence-electron chi connectivity index (χ0n) is 15.5. The summed E-state index contributed by atoms with van der Waals surface area (Å²) in [5.41, 5.74) is 2.08. The lowest BCUT2D eigenvalue weighted by Gasteiger charge is -2.08. The van der Waals surface area contributed by atoms with Crippen molar-refractivity contribution in [3.63, 3.8) is 0 Å². The van der Waals surface area contributed by atoms with Gasteiger partial charge in [0, 0.05) is 22.7 Å². The van der Waals surface area contributed by atoms with Gasteiger partial charge in [0.2, 0.25) is 0 Å². The van der Waals surface area contributed by atoms with Crippen molar-refractivity contribution in [3.05, 3.63) is 53.2 Å². The Morgan fingerprint density at radius 2 is 1.89 bits per heavy atom. The molecule has 6 nitrogen and oxygen atoms in total. The second-order valence-electron chi connectivity index (χ2n) is 5.81. The van der Waals surface area contributed by atoms with Crippen LogP contribution in [-0.4, -0.2) is 30.1 Å². The molecule has 0 aliphatic carbocycles. The van der Waals surface area contributed by atoms with Gasteiger partial charge in [-0.25, -0.2) is 4.98 Å². The van der Waals surface area contributed by atoms with Gasteiger partial charge in [0.05, 0.1) is 19.9 Å². The van der Waals surface area contributed by atoms with Gasteiger partial charge in [0.25, 0.3) is 5.91 Å². The van der Waals surface area contributed by atoms with E-state index >= 15 is 0 Å². The molecule has 2 aromatic heterocycles. The molecule has 7 heteroatoms. The number of benzene rings is 1. The Labute approximate surface area is 162 Å². The van der Waals surface area contributed by atoms with Crippen LogP contribution in [0.25, 0.3) is 11.3 Å². The number of rotatable bonds is 7. The lowest BCUT2D eigenvalue weighted by Crippen LogP contribution is -2.13. The summed E-state index contributed by atoms with van der Waals surface area (Å²) in [4.78, 5) is 22.2. The molecule has 0 aliphatic heterocycles. The molecule has 0 fully saturated rings. The first-order chi connectivity index (χ1) is 13.1. The van der Waals surface area contributed by atoms with Crippen molar-refractivity contribution >= 4 is 22.4 Å². The molecule has 0 aliphatic rings. The number of nitrogens with one attached hydrogen (secondary N) is 1. The number of thiazole rings is 1. The highest BCUT2D eigenvalue weighted by atomic mass is 32.1. The van der Waals surface area contributed by atoms with Gasteiger partial charge < -0.3 is 9.47 Å². The summed E-state index contributed by atoms with van der Waals surface area (Å²) in [5, 5.41) is 3.39. The third-order valence-corrected chi connectivity index (χ3v) is 4.95. The molecular formula is C20H21N3O3S. The quantitative estimate of drug-likeness (QED) is 0.653. The zero-order chi connectivity index (χ0) is 19.2. The summed E-state index contributed by atoms with van der Waals surface area (Å²) >= 11 is 1.48. The molecule has 0 atom stereocenters. The predicted molar refractivity (Wildman–Crippen MR) is 107 cm³/mol. The standard InChI is InChI=1S/C20H21N3O3S/c1-4-7-17-18(13-10-14(25-2)12-15(11-13)26-3)22-20(27-17)23-19(24)16-8-5-6-9-21-16/h5-6,8-12H,4,7H2,1-3H3,(H,22,23,24). The summed E-state index contributed by atoms with van der Waals surface area (Å²) in [5.74, 6) is 1.11. The maximum Gasteiger partial charge on any atom is 0.276 e. The number of anilines is 1. The minimum atomic E-state index is -0.276. The first kappa shape index (κ1) is 18.8. The third-order valence-electron chi connectivity index (χ3n) is 3.92. The van der Waals surface area contributed by atoms with Crippen LogP contribution >= 0.6 is 11.3 Å². The Hall–Kier alpha value is -2.93. The van der Waals surface area contributed by atoms with Crippen LogP contribution < -0.4 is 14.8 Å². The maximum atomic E-state index is 12.4. The van der Waals surface area contributed by atoms with Crippen LogP contribution in [-0.2, 0) is 6.42 Å². The van der Waals surface area contributed by atoms with E-state index in [2.05, 4.69) is 22.2 Å². The normalized spacial score (nSPS) is 10.5. The summed E-state index contributed by atoms with van der Waals surface area (Å²) in [6.45, 7) is 2.11. The molecule has 0 radical (unpaired) electrons. The first-order valence-electron chi connectivity index (χ1n) is 8.60. The molecule has 0 saturated carbocycles. The SMILES string of the molecule is CCCc1sc(NC(=O)c2ccccn2)nc1-c1cc(OC)cc(OC)c1. The fraction of sp³-hybridized carbons (Fsp3) is 0.250. The minimum absolute atomic E-state index is 0.276. The monoisotopic (exact) mass is 383 g/mol. The van der Waals surface area contributed by atoms with Gasteiger partial charge in [-0.1, -0.05) is 19.4 Å². The van der Waals surface area contributed by atoms with Crippen LogP contribution in [0.2, 0.25) is 0 Å². The van der Waals surface area contributed by atoms with Crippen LogP contribution in [0.4, 0.5) is 5.13 Å². The van der Waals surface area contributed by atoms with E-state index in [4.69, 9.17) is 9.47 Å². The minimum Gasteiger partial charge on any atom is -0.497 e. The molecule has 3 rings (SSSR count). The predicted octanol–water partition coefficient (Wildman–Crippen LogP) is 4.43. The van der Waals surface area contributed by atoms with Crippen LogP contribution in [0.5, 0.6) is 11.5 Å². The molecule has 140 valence electrons. The lowest BCUT2D eigenvalue weighted by molar-refractivity contribution is 0.102. The molecule has 0 bridgehead atoms. The number of hydrogen-bond donors (Lipinski definition) is 1. The van der Waals surface area contributed by atoms with E-state index in [0.717, 1.165) is 29.0 Å². The highest BCUT2D eigenvalue weighted by Gasteiger charge is 2.17. The number of aromatic nitrogens is 2. The van der Waals surface area contributed by atoms with E-state index in [-0.39, 0.29) is 5.91 Å². The lowest BCUT2D eigenvalue weighted by atomic mass is 10.1. The van der Waals surface area contributed by atoms with Crippen molar-refractivity contribution in [2.45, 2.75) is 19.8 Å². The number of pyridine rings is 1. The summed E-state index contributed by atoms with van der Waals surface area (Å²) in [7, 11) is 3.23. The third kappa shape index (κ3) is 4.43. The van der Waals surface area contributed by atoms with E-state index < -0.39 is 0 Å². The Morgan fingerprint density at radius 3 is 2.48 bits per heavy atom. The Kier molecular flexibility index (Phi) is 6.03. The topological polar surface area (TPSA) is 73.3 Å². The average molecular weight is 383 g/mol. The number of hydrogen-bond acceptors (Lipinski definition) is 6. The molecule has 1 aromatic carbocycles. The first-order valence-corrected chi connectivity index (χ1v) is 9.41. The van der Waals surface area contributed by atoms with Gasteiger partial charge in [-0.05, 0) is 30.7 Å². The fourth-order valence-corrected chi connectivity index (χ4v) is 3.71. The number of aryl methyl sites for hydroxylation is 1. The second kappa shape index (κ2) is 8.64. The van der Waals surface area contributed by atoms with Crippen molar-refractivity contribution in [2.24, 2.45) is 0 Å². The number of ether oxygens (including phenoxy) is 2. The van der Waals surface area contributed by atoms with Gasteiger partial charge in [-0.2, -0.15) is 0 Å². The molecule has 3 aromatic rings. The van der Waals surface area contributed by atoms with Gasteiger partial charge in [-0.3, -0.25) is 15.1 Å². The van der Waals surface area contributed by atoms with Crippen LogP contribution in [0.3, 0.4) is 0 Å². The van der Waals surface area contributed by atoms with Gasteiger partial charge in [-0.15, -0.1) is 11.3 Å². The Morgan fingerprint density at radius 1 is 1.15 bits per heavy atom. The highest BCUT2D eigenvalue weighted by molar-refractivity contribution is 7.16. The highest BCUT2D eigenvalue weighted by Crippen LogP contribution is 2.36. The van der Waals surface area contributed by atoms with E-state index in [9.17, 15) is 4.79 Å². The summed E-state index contributed by atoms with van der Waals surface area (Å²) in [6, 6.07) is 10.9. The molecule has 0 saturated heterocycles. The molecule has 27 heavy (non-hydrogen) atoms. The molecule has 1 N–H and O–H groups in total. The Balaban J connectivity index is 1.95. The van der Waals surface area contributed by atoms with Crippen LogP contribution in [0.1, 0.15) is 28.7 Å². The van der Waals surface area contributed by atoms with E-state index in [0.29, 0.717) is 22.3 Å². The Bertz CT molecular complexity index is 903. The number of methoxy groups -OCH3 is 2. The van der Waals surface area contributed by atoms with Gasteiger partial charge >= 0.3 is 0 Å². The zero-order valence-corrected chi connectivity index (χ0v) is 16.3. The molecule has 1 amide bonds. The van der Waals surface area contributed by atoms with Crippen molar-refractivity contribution in [1.29, 1.82) is 0 Å². The van der Waals surface area contributed by atoms with Gasteiger partial charge in [0.1, 0.15) is 17.2 Å². The summed E-state index contributed by atoms with van der Waals surface area (Å²) < 4.78 is 10.7. The number of nitrogens with zero attached hydrogens (tertiary/aromatic N) is 2. The molecular weight excluding hydrogens is 362 g/mol.